The molecular formula is C12H12ClFN2O3. The quantitative estimate of drug-likeness (QED) is 0.513. The van der Waals surface area contributed by atoms with E-state index in [1.165, 1.54) is 0 Å². The van der Waals surface area contributed by atoms with E-state index in [0.29, 0.717) is 12.4 Å². The first-order chi connectivity index (χ1) is 8.97. The van der Waals surface area contributed by atoms with Crippen molar-refractivity contribution in [3.05, 3.63) is 39.7 Å². The average Bonchev–Trinajstić information content (AvgIpc) is 3.16. The first-order valence-corrected chi connectivity index (χ1v) is 6.29. The predicted octanol–water partition coefficient (Wildman–Crippen LogP) is 2.48. The Labute approximate surface area is 113 Å². The second-order valence-electron chi connectivity index (χ2n) is 4.74. The SMILES string of the molecule is O=C(NCC1(CCl)CC1)c1ccc([N+](=O)[O-])cc1F. The van der Waals surface area contributed by atoms with Crippen LogP contribution in [0.3, 0.4) is 0 Å². The Morgan fingerprint density at radius 2 is 2.21 bits per heavy atom. The maximum Gasteiger partial charge on any atom is 0.272 e. The average molecular weight is 287 g/mol. The Hall–Kier alpha value is -1.69. The summed E-state index contributed by atoms with van der Waals surface area (Å²) in [5.74, 6) is -1.03. The molecule has 0 atom stereocenters. The number of amides is 1. The molecule has 0 aliphatic heterocycles. The Kier molecular flexibility index (Phi) is 3.71. The van der Waals surface area contributed by atoms with Gasteiger partial charge in [0.1, 0.15) is 5.82 Å². The van der Waals surface area contributed by atoms with Crippen LogP contribution in [0, 0.1) is 21.3 Å². The molecule has 5 nitrogen and oxygen atoms in total. The molecule has 1 aromatic carbocycles. The lowest BCUT2D eigenvalue weighted by Gasteiger charge is -2.12. The van der Waals surface area contributed by atoms with Crippen LogP contribution in [0.4, 0.5) is 10.1 Å². The van der Waals surface area contributed by atoms with Crippen molar-refractivity contribution in [3.8, 4) is 0 Å². The molecular weight excluding hydrogens is 275 g/mol. The predicted molar refractivity (Wildman–Crippen MR) is 67.8 cm³/mol. The standard InChI is InChI=1S/C12H12ClFN2O3/c13-6-12(3-4-12)7-15-11(17)9-2-1-8(16(18)19)5-10(9)14/h1-2,5H,3-4,6-7H2,(H,15,17). The fraction of sp³-hybridized carbons (Fsp3) is 0.417. The van der Waals surface area contributed by atoms with Gasteiger partial charge in [0.2, 0.25) is 0 Å². The minimum atomic E-state index is -0.901. The molecule has 0 bridgehead atoms. The summed E-state index contributed by atoms with van der Waals surface area (Å²) in [6.45, 7) is 0.395. The van der Waals surface area contributed by atoms with E-state index in [0.717, 1.165) is 31.0 Å². The van der Waals surface area contributed by atoms with Crippen LogP contribution in [0.1, 0.15) is 23.2 Å². The second kappa shape index (κ2) is 5.13. The minimum Gasteiger partial charge on any atom is -0.351 e. The highest BCUT2D eigenvalue weighted by Gasteiger charge is 2.41. The molecule has 0 radical (unpaired) electrons. The van der Waals surface area contributed by atoms with Crippen molar-refractivity contribution in [1.82, 2.24) is 5.32 Å². The zero-order valence-corrected chi connectivity index (χ0v) is 10.7. The Morgan fingerprint density at radius 3 is 2.68 bits per heavy atom. The zero-order chi connectivity index (χ0) is 14.0. The van der Waals surface area contributed by atoms with Gasteiger partial charge in [-0.2, -0.15) is 0 Å². The normalized spacial score (nSPS) is 15.9. The van der Waals surface area contributed by atoms with Gasteiger partial charge in [-0.05, 0) is 18.9 Å². The van der Waals surface area contributed by atoms with Gasteiger partial charge < -0.3 is 5.32 Å². The van der Waals surface area contributed by atoms with Gasteiger partial charge in [-0.1, -0.05) is 0 Å². The molecule has 1 fully saturated rings. The minimum absolute atomic E-state index is 0.0610. The molecule has 1 amide bonds. The highest BCUT2D eigenvalue weighted by molar-refractivity contribution is 6.18. The first kappa shape index (κ1) is 13.7. The molecule has 1 aromatic rings. The van der Waals surface area contributed by atoms with Crippen LogP contribution >= 0.6 is 11.6 Å². The number of rotatable bonds is 5. The van der Waals surface area contributed by atoms with Crippen LogP contribution in [0.5, 0.6) is 0 Å². The monoisotopic (exact) mass is 286 g/mol. The molecule has 0 spiro atoms. The third-order valence-corrected chi connectivity index (χ3v) is 3.84. The number of alkyl halides is 1. The van der Waals surface area contributed by atoms with Crippen LogP contribution in [-0.2, 0) is 0 Å². The summed E-state index contributed by atoms with van der Waals surface area (Å²) in [4.78, 5) is 21.5. The molecule has 0 saturated heterocycles. The number of hydrogen-bond acceptors (Lipinski definition) is 3. The first-order valence-electron chi connectivity index (χ1n) is 5.75. The summed E-state index contributed by atoms with van der Waals surface area (Å²) < 4.78 is 13.6. The van der Waals surface area contributed by atoms with Crippen molar-refractivity contribution >= 4 is 23.2 Å². The van der Waals surface area contributed by atoms with E-state index in [4.69, 9.17) is 11.6 Å². The van der Waals surface area contributed by atoms with Gasteiger partial charge in [-0.15, -0.1) is 11.6 Å². The highest BCUT2D eigenvalue weighted by Crippen LogP contribution is 2.45. The molecule has 19 heavy (non-hydrogen) atoms. The van der Waals surface area contributed by atoms with E-state index in [9.17, 15) is 19.3 Å². The maximum absolute atomic E-state index is 13.6. The topological polar surface area (TPSA) is 72.2 Å². The van der Waals surface area contributed by atoms with Gasteiger partial charge in [0.15, 0.2) is 0 Å². The van der Waals surface area contributed by atoms with Crippen molar-refractivity contribution in [2.75, 3.05) is 12.4 Å². The number of non-ortho nitro benzene ring substituents is 1. The summed E-state index contributed by atoms with van der Waals surface area (Å²) >= 11 is 5.77. The van der Waals surface area contributed by atoms with Crippen molar-refractivity contribution in [2.24, 2.45) is 5.41 Å². The van der Waals surface area contributed by atoms with Gasteiger partial charge >= 0.3 is 0 Å². The number of benzene rings is 1. The van der Waals surface area contributed by atoms with Crippen LogP contribution in [0.25, 0.3) is 0 Å². The van der Waals surface area contributed by atoms with Gasteiger partial charge in [-0.3, -0.25) is 14.9 Å². The van der Waals surface area contributed by atoms with E-state index in [1.807, 2.05) is 0 Å². The number of carbonyl (C=O) groups excluding carboxylic acids is 1. The van der Waals surface area contributed by atoms with Crippen molar-refractivity contribution in [3.63, 3.8) is 0 Å². The van der Waals surface area contributed by atoms with Gasteiger partial charge in [0.25, 0.3) is 11.6 Å². The fourth-order valence-corrected chi connectivity index (χ4v) is 2.06. The third kappa shape index (κ3) is 3.01. The van der Waals surface area contributed by atoms with Crippen LogP contribution < -0.4 is 5.32 Å². The van der Waals surface area contributed by atoms with E-state index in [2.05, 4.69) is 5.32 Å². The van der Waals surface area contributed by atoms with Crippen molar-refractivity contribution in [2.45, 2.75) is 12.8 Å². The van der Waals surface area contributed by atoms with Gasteiger partial charge in [0.05, 0.1) is 16.6 Å². The summed E-state index contributed by atoms with van der Waals surface area (Å²) in [6.07, 6.45) is 1.89. The number of nitro groups is 1. The molecule has 2 rings (SSSR count). The van der Waals surface area contributed by atoms with Crippen molar-refractivity contribution < 1.29 is 14.1 Å². The van der Waals surface area contributed by atoms with Crippen molar-refractivity contribution in [1.29, 1.82) is 0 Å². The Balaban J connectivity index is 2.05. The Bertz CT molecular complexity index is 532. The molecule has 1 saturated carbocycles. The summed E-state index contributed by atoms with van der Waals surface area (Å²) in [5, 5.41) is 13.1. The lowest BCUT2D eigenvalue weighted by Crippen LogP contribution is -2.31. The van der Waals surface area contributed by atoms with Crippen LogP contribution in [0.2, 0.25) is 0 Å². The summed E-state index contributed by atoms with van der Waals surface area (Å²) in [6, 6.07) is 2.96. The van der Waals surface area contributed by atoms with Gasteiger partial charge in [0, 0.05) is 23.9 Å². The summed E-state index contributed by atoms with van der Waals surface area (Å²) in [5.41, 5.74) is -0.640. The number of nitrogens with one attached hydrogen (secondary N) is 1. The highest BCUT2D eigenvalue weighted by atomic mass is 35.5. The molecule has 1 N–H and O–H groups in total. The molecule has 0 aromatic heterocycles. The molecule has 7 heteroatoms. The molecule has 1 aliphatic rings. The lowest BCUT2D eigenvalue weighted by atomic mass is 10.1. The second-order valence-corrected chi connectivity index (χ2v) is 5.00. The van der Waals surface area contributed by atoms with E-state index in [-0.39, 0.29) is 16.7 Å². The smallest absolute Gasteiger partial charge is 0.272 e. The molecule has 0 unspecified atom stereocenters. The van der Waals surface area contributed by atoms with E-state index < -0.39 is 16.6 Å². The number of nitrogens with zero attached hydrogens (tertiary/aromatic N) is 1. The van der Waals surface area contributed by atoms with E-state index >= 15 is 0 Å². The molecule has 102 valence electrons. The zero-order valence-electron chi connectivity index (χ0n) is 9.99. The van der Waals surface area contributed by atoms with Crippen LogP contribution in [0.15, 0.2) is 18.2 Å². The molecule has 0 heterocycles. The number of halogens is 2. The lowest BCUT2D eigenvalue weighted by molar-refractivity contribution is -0.385. The van der Waals surface area contributed by atoms with Gasteiger partial charge in [-0.25, -0.2) is 4.39 Å². The maximum atomic E-state index is 13.6. The third-order valence-electron chi connectivity index (χ3n) is 3.27. The Morgan fingerprint density at radius 1 is 1.53 bits per heavy atom. The number of hydrogen-bond donors (Lipinski definition) is 1. The summed E-state index contributed by atoms with van der Waals surface area (Å²) in [7, 11) is 0. The van der Waals surface area contributed by atoms with E-state index in [1.54, 1.807) is 0 Å². The van der Waals surface area contributed by atoms with Crippen LogP contribution in [-0.4, -0.2) is 23.3 Å². The largest absolute Gasteiger partial charge is 0.351 e. The number of carbonyl (C=O) groups is 1. The number of nitro benzene ring substituents is 1. The fourth-order valence-electron chi connectivity index (χ4n) is 1.70. The molecule has 1 aliphatic carbocycles.